The summed E-state index contributed by atoms with van der Waals surface area (Å²) in [6, 6.07) is 6.56. The van der Waals surface area contributed by atoms with Crippen LogP contribution in [0.5, 0.6) is 5.75 Å². The van der Waals surface area contributed by atoms with Crippen LogP contribution in [0, 0.1) is 9.52 Å². The molecule has 0 unspecified atom stereocenters. The van der Waals surface area contributed by atoms with Crippen LogP contribution in [0.2, 0.25) is 0 Å². The lowest BCUT2D eigenvalue weighted by Gasteiger charge is -2.30. The van der Waals surface area contributed by atoms with Gasteiger partial charge in [-0.15, -0.1) is 10.2 Å². The number of aromatic nitrogens is 4. The van der Waals surface area contributed by atoms with Crippen molar-refractivity contribution < 1.29 is 19.0 Å². The summed E-state index contributed by atoms with van der Waals surface area (Å²) in [6.07, 6.45) is 0.435. The molecule has 8 nitrogen and oxygen atoms in total. The van der Waals surface area contributed by atoms with Gasteiger partial charge in [0.25, 0.3) is 0 Å². The molecule has 0 atom stereocenters. The van der Waals surface area contributed by atoms with E-state index in [9.17, 15) is 9.18 Å². The van der Waals surface area contributed by atoms with Gasteiger partial charge in [0.1, 0.15) is 5.52 Å². The van der Waals surface area contributed by atoms with E-state index < -0.39 is 11.9 Å². The number of methoxy groups -OCH3 is 1. The second-order valence-electron chi connectivity index (χ2n) is 6.52. The molecule has 1 fully saturated rings. The summed E-state index contributed by atoms with van der Waals surface area (Å²) in [5.41, 5.74) is 2.46. The van der Waals surface area contributed by atoms with E-state index in [4.69, 9.17) is 9.84 Å². The maximum atomic E-state index is 14.1. The van der Waals surface area contributed by atoms with Crippen LogP contribution in [0.4, 0.5) is 9.18 Å². The highest BCUT2D eigenvalue weighted by Gasteiger charge is 2.26. The molecule has 3 heterocycles. The largest absolute Gasteiger partial charge is 0.493 e. The molecule has 4 rings (SSSR count). The average Bonchev–Trinajstić information content (AvgIpc) is 3.04. The van der Waals surface area contributed by atoms with E-state index in [1.54, 1.807) is 12.1 Å². The van der Waals surface area contributed by atoms with Gasteiger partial charge in [0.15, 0.2) is 15.3 Å². The number of halogens is 2. The van der Waals surface area contributed by atoms with Gasteiger partial charge < -0.3 is 14.7 Å². The van der Waals surface area contributed by atoms with Crippen molar-refractivity contribution in [2.75, 3.05) is 20.2 Å². The minimum atomic E-state index is -0.898. The molecule has 1 aliphatic heterocycles. The van der Waals surface area contributed by atoms with Crippen LogP contribution in [-0.4, -0.2) is 56.3 Å². The smallest absolute Gasteiger partial charge is 0.407 e. The number of ether oxygens (including phenoxy) is 1. The molecule has 28 heavy (non-hydrogen) atoms. The van der Waals surface area contributed by atoms with Crippen molar-refractivity contribution in [3.63, 3.8) is 0 Å². The van der Waals surface area contributed by atoms with Crippen molar-refractivity contribution in [1.29, 1.82) is 0 Å². The fourth-order valence-electron chi connectivity index (χ4n) is 3.53. The molecule has 1 aromatic carbocycles. The Kier molecular flexibility index (Phi) is 5.04. The molecule has 3 aromatic rings. The molecule has 0 aliphatic carbocycles. The number of carbonyl (C=O) groups is 1. The highest BCUT2D eigenvalue weighted by atomic mass is 127. The summed E-state index contributed by atoms with van der Waals surface area (Å²) >= 11 is 2.11. The Bertz CT molecular complexity index is 1050. The highest BCUT2D eigenvalue weighted by Crippen LogP contribution is 2.34. The standard InChI is InChI=1S/C18H17FIN5O3/c1-28-16-11(3-2-4-12(16)19)13-9-14-15(22-21-13)17(20)23-25(14)10-5-7-24(8-6-10)18(26)27/h2-4,9-10H,5-8H2,1H3,(H,26,27). The van der Waals surface area contributed by atoms with Gasteiger partial charge in [-0.1, -0.05) is 6.07 Å². The number of amides is 1. The molecule has 1 amide bonds. The van der Waals surface area contributed by atoms with Gasteiger partial charge in [0.2, 0.25) is 0 Å². The van der Waals surface area contributed by atoms with Crippen LogP contribution in [-0.2, 0) is 0 Å². The molecule has 0 bridgehead atoms. The number of hydrogen-bond acceptors (Lipinski definition) is 5. The number of hydrogen-bond donors (Lipinski definition) is 1. The van der Waals surface area contributed by atoms with Crippen molar-refractivity contribution in [1.82, 2.24) is 24.9 Å². The molecule has 10 heteroatoms. The van der Waals surface area contributed by atoms with Crippen LogP contribution < -0.4 is 4.74 Å². The van der Waals surface area contributed by atoms with E-state index in [2.05, 4.69) is 37.9 Å². The molecular formula is C18H17FIN5O3. The number of piperidine rings is 1. The second kappa shape index (κ2) is 7.49. The average molecular weight is 497 g/mol. The van der Waals surface area contributed by atoms with E-state index in [0.29, 0.717) is 42.7 Å². The molecule has 146 valence electrons. The van der Waals surface area contributed by atoms with E-state index in [1.165, 1.54) is 18.1 Å². The van der Waals surface area contributed by atoms with Crippen molar-refractivity contribution in [3.05, 3.63) is 33.8 Å². The Morgan fingerprint density at radius 2 is 2.07 bits per heavy atom. The quantitative estimate of drug-likeness (QED) is 0.557. The Hall–Kier alpha value is -2.50. The number of likely N-dealkylation sites (tertiary alicyclic amines) is 1. The highest BCUT2D eigenvalue weighted by molar-refractivity contribution is 14.1. The van der Waals surface area contributed by atoms with Gasteiger partial charge >= 0.3 is 6.09 Å². The summed E-state index contributed by atoms with van der Waals surface area (Å²) in [7, 11) is 1.41. The molecule has 1 N–H and O–H groups in total. The van der Waals surface area contributed by atoms with Crippen LogP contribution in [0.1, 0.15) is 18.9 Å². The second-order valence-corrected chi connectivity index (χ2v) is 7.54. The van der Waals surface area contributed by atoms with Gasteiger partial charge in [-0.25, -0.2) is 9.18 Å². The minimum absolute atomic E-state index is 0.0630. The van der Waals surface area contributed by atoms with Crippen molar-refractivity contribution in [3.8, 4) is 17.0 Å². The maximum absolute atomic E-state index is 14.1. The lowest BCUT2D eigenvalue weighted by atomic mass is 10.1. The molecule has 0 radical (unpaired) electrons. The first-order valence-corrected chi connectivity index (χ1v) is 9.79. The van der Waals surface area contributed by atoms with E-state index in [1.807, 2.05) is 10.7 Å². The normalized spacial score (nSPS) is 15.2. The summed E-state index contributed by atoms with van der Waals surface area (Å²) in [6.45, 7) is 0.919. The zero-order chi connectivity index (χ0) is 19.8. The molecule has 1 saturated heterocycles. The van der Waals surface area contributed by atoms with Crippen molar-refractivity contribution in [2.45, 2.75) is 18.9 Å². The zero-order valence-corrected chi connectivity index (χ0v) is 17.1. The van der Waals surface area contributed by atoms with Crippen molar-refractivity contribution >= 4 is 39.7 Å². The summed E-state index contributed by atoms with van der Waals surface area (Å²) < 4.78 is 21.9. The van der Waals surface area contributed by atoms with Gasteiger partial charge in [-0.2, -0.15) is 5.10 Å². The van der Waals surface area contributed by atoms with Gasteiger partial charge in [0, 0.05) is 18.7 Å². The number of rotatable bonds is 3. The fourth-order valence-corrected chi connectivity index (χ4v) is 4.15. The van der Waals surface area contributed by atoms with Crippen molar-refractivity contribution in [2.24, 2.45) is 0 Å². The summed E-state index contributed by atoms with van der Waals surface area (Å²) in [4.78, 5) is 12.6. The lowest BCUT2D eigenvalue weighted by molar-refractivity contribution is 0.124. The first kappa shape index (κ1) is 18.8. The summed E-state index contributed by atoms with van der Waals surface area (Å²) in [5.74, 6) is -0.349. The third-order valence-corrected chi connectivity index (χ3v) is 5.67. The monoisotopic (exact) mass is 497 g/mol. The Morgan fingerprint density at radius 3 is 2.75 bits per heavy atom. The zero-order valence-electron chi connectivity index (χ0n) is 15.0. The number of carboxylic acid groups (broad SMARTS) is 1. The Balaban J connectivity index is 1.75. The van der Waals surface area contributed by atoms with Gasteiger partial charge in [-0.3, -0.25) is 4.68 Å². The molecule has 1 aliphatic rings. The number of benzene rings is 1. The van der Waals surface area contributed by atoms with Gasteiger partial charge in [0.05, 0.1) is 24.4 Å². The van der Waals surface area contributed by atoms with Crippen LogP contribution in [0.3, 0.4) is 0 Å². The third-order valence-electron chi connectivity index (χ3n) is 4.94. The predicted molar refractivity (Wildman–Crippen MR) is 108 cm³/mol. The first-order chi connectivity index (χ1) is 13.5. The number of para-hydroxylation sites is 1. The lowest BCUT2D eigenvalue weighted by Crippen LogP contribution is -2.38. The van der Waals surface area contributed by atoms with E-state index in [-0.39, 0.29) is 11.8 Å². The van der Waals surface area contributed by atoms with E-state index in [0.717, 1.165) is 9.22 Å². The number of fused-ring (bicyclic) bond motifs is 1. The number of nitrogens with zero attached hydrogens (tertiary/aromatic N) is 5. The van der Waals surface area contributed by atoms with Gasteiger partial charge in [-0.05, 0) is 53.6 Å². The Morgan fingerprint density at radius 1 is 1.32 bits per heavy atom. The van der Waals surface area contributed by atoms with E-state index >= 15 is 0 Å². The minimum Gasteiger partial charge on any atom is -0.493 e. The predicted octanol–water partition coefficient (Wildman–Crippen LogP) is 3.56. The molecule has 0 saturated carbocycles. The third kappa shape index (κ3) is 3.25. The summed E-state index contributed by atoms with van der Waals surface area (Å²) in [5, 5.41) is 22.3. The SMILES string of the molecule is COc1c(F)cccc1-c1cc2c(nn1)c(I)nn2C1CCN(C(=O)O)CC1. The van der Waals surface area contributed by atoms with Crippen LogP contribution in [0.25, 0.3) is 22.3 Å². The molecule has 0 spiro atoms. The fraction of sp³-hybridized carbons (Fsp3) is 0.333. The maximum Gasteiger partial charge on any atom is 0.407 e. The first-order valence-electron chi connectivity index (χ1n) is 8.71. The molecule has 2 aromatic heterocycles. The topological polar surface area (TPSA) is 93.4 Å². The van der Waals surface area contributed by atoms with Crippen LogP contribution >= 0.6 is 22.6 Å². The Labute approximate surface area is 173 Å². The molecular weight excluding hydrogens is 480 g/mol. The van der Waals surface area contributed by atoms with Crippen LogP contribution in [0.15, 0.2) is 24.3 Å².